The summed E-state index contributed by atoms with van der Waals surface area (Å²) in [5.74, 6) is 0. The number of aryl methyl sites for hydroxylation is 1. The Morgan fingerprint density at radius 1 is 1.00 bits per heavy atom. The zero-order chi connectivity index (χ0) is 13.5. The number of rotatable bonds is 7. The van der Waals surface area contributed by atoms with Gasteiger partial charge in [0.05, 0.1) is 0 Å². The standard InChI is InChI=1S/C17H23NS/c1-3-8-17(14-9-6-5-7-10-14)18-13-16-12-11-15(4-2)19-16/h5-7,9-12,17-18H,3-4,8,13H2,1-2H3. The Morgan fingerprint density at radius 2 is 1.74 bits per heavy atom. The number of benzene rings is 1. The molecule has 0 fully saturated rings. The Kier molecular flexibility index (Phi) is 5.62. The molecule has 2 heteroatoms. The molecule has 1 heterocycles. The SMILES string of the molecule is CCCC(NCc1ccc(CC)s1)c1ccccc1. The summed E-state index contributed by atoms with van der Waals surface area (Å²) in [6.07, 6.45) is 3.54. The van der Waals surface area contributed by atoms with Crippen LogP contribution in [0.25, 0.3) is 0 Å². The molecule has 2 aromatic rings. The number of thiophene rings is 1. The summed E-state index contributed by atoms with van der Waals surface area (Å²) < 4.78 is 0. The molecule has 1 aromatic heterocycles. The van der Waals surface area contributed by atoms with Crippen LogP contribution in [-0.4, -0.2) is 0 Å². The minimum absolute atomic E-state index is 0.471. The van der Waals surface area contributed by atoms with Gasteiger partial charge in [0.1, 0.15) is 0 Å². The fourth-order valence-electron chi connectivity index (χ4n) is 2.29. The quantitative estimate of drug-likeness (QED) is 0.753. The largest absolute Gasteiger partial charge is 0.305 e. The Labute approximate surface area is 120 Å². The molecule has 1 unspecified atom stereocenters. The molecular formula is C17H23NS. The van der Waals surface area contributed by atoms with E-state index in [9.17, 15) is 0 Å². The summed E-state index contributed by atoms with van der Waals surface area (Å²) in [6.45, 7) is 5.44. The molecule has 0 aliphatic heterocycles. The Morgan fingerprint density at radius 3 is 2.37 bits per heavy atom. The van der Waals surface area contributed by atoms with Gasteiger partial charge in [-0.3, -0.25) is 0 Å². The first-order valence-electron chi connectivity index (χ1n) is 7.19. The van der Waals surface area contributed by atoms with E-state index in [0.29, 0.717) is 6.04 Å². The first kappa shape index (κ1) is 14.3. The third kappa shape index (κ3) is 4.19. The average Bonchev–Trinajstić information content (AvgIpc) is 2.92. The van der Waals surface area contributed by atoms with Crippen molar-refractivity contribution in [2.45, 2.75) is 45.7 Å². The van der Waals surface area contributed by atoms with Crippen molar-refractivity contribution in [1.82, 2.24) is 5.32 Å². The summed E-state index contributed by atoms with van der Waals surface area (Å²) >= 11 is 1.93. The normalized spacial score (nSPS) is 12.5. The lowest BCUT2D eigenvalue weighted by molar-refractivity contribution is 0.496. The smallest absolute Gasteiger partial charge is 0.0323 e. The van der Waals surface area contributed by atoms with Crippen molar-refractivity contribution in [3.05, 3.63) is 57.8 Å². The molecular weight excluding hydrogens is 250 g/mol. The summed E-state index contributed by atoms with van der Waals surface area (Å²) in [5.41, 5.74) is 1.40. The predicted molar refractivity (Wildman–Crippen MR) is 84.6 cm³/mol. The zero-order valence-corrected chi connectivity index (χ0v) is 12.7. The lowest BCUT2D eigenvalue weighted by atomic mass is 10.0. The van der Waals surface area contributed by atoms with Gasteiger partial charge in [0, 0.05) is 22.3 Å². The highest BCUT2D eigenvalue weighted by molar-refractivity contribution is 7.11. The minimum Gasteiger partial charge on any atom is -0.305 e. The van der Waals surface area contributed by atoms with Crippen molar-refractivity contribution in [3.63, 3.8) is 0 Å². The van der Waals surface area contributed by atoms with E-state index in [1.807, 2.05) is 11.3 Å². The van der Waals surface area contributed by atoms with Gasteiger partial charge in [0.2, 0.25) is 0 Å². The van der Waals surface area contributed by atoms with E-state index in [0.717, 1.165) is 13.0 Å². The molecule has 0 spiro atoms. The topological polar surface area (TPSA) is 12.0 Å². The van der Waals surface area contributed by atoms with Gasteiger partial charge in [-0.1, -0.05) is 50.6 Å². The molecule has 0 radical (unpaired) electrons. The van der Waals surface area contributed by atoms with E-state index in [2.05, 4.69) is 61.6 Å². The minimum atomic E-state index is 0.471. The fraction of sp³-hybridized carbons (Fsp3) is 0.412. The van der Waals surface area contributed by atoms with Crippen molar-refractivity contribution < 1.29 is 0 Å². The Bertz CT molecular complexity index is 475. The van der Waals surface area contributed by atoms with Crippen LogP contribution < -0.4 is 5.32 Å². The summed E-state index contributed by atoms with van der Waals surface area (Å²) in [5, 5.41) is 3.70. The molecule has 0 bridgehead atoms. The third-order valence-electron chi connectivity index (χ3n) is 3.37. The van der Waals surface area contributed by atoms with Crippen LogP contribution in [0, 0.1) is 0 Å². The Hall–Kier alpha value is -1.12. The average molecular weight is 273 g/mol. The molecule has 0 amide bonds. The molecule has 0 saturated carbocycles. The molecule has 0 aliphatic rings. The molecule has 0 saturated heterocycles. The zero-order valence-electron chi connectivity index (χ0n) is 11.9. The van der Waals surface area contributed by atoms with Crippen molar-refractivity contribution in [1.29, 1.82) is 0 Å². The van der Waals surface area contributed by atoms with E-state index in [1.54, 1.807) is 0 Å². The van der Waals surface area contributed by atoms with Gasteiger partial charge >= 0.3 is 0 Å². The monoisotopic (exact) mass is 273 g/mol. The second kappa shape index (κ2) is 7.46. The van der Waals surface area contributed by atoms with Crippen molar-refractivity contribution in [3.8, 4) is 0 Å². The van der Waals surface area contributed by atoms with Crippen molar-refractivity contribution >= 4 is 11.3 Å². The first-order valence-corrected chi connectivity index (χ1v) is 8.01. The summed E-state index contributed by atoms with van der Waals surface area (Å²) in [7, 11) is 0. The van der Waals surface area contributed by atoms with Crippen LogP contribution in [0.3, 0.4) is 0 Å². The van der Waals surface area contributed by atoms with E-state index >= 15 is 0 Å². The highest BCUT2D eigenvalue weighted by atomic mass is 32.1. The fourth-order valence-corrected chi connectivity index (χ4v) is 3.20. The highest BCUT2D eigenvalue weighted by Crippen LogP contribution is 2.21. The molecule has 102 valence electrons. The van der Waals surface area contributed by atoms with Crippen LogP contribution >= 0.6 is 11.3 Å². The third-order valence-corrected chi connectivity index (χ3v) is 4.60. The number of hydrogen-bond acceptors (Lipinski definition) is 2. The van der Waals surface area contributed by atoms with Crippen LogP contribution in [0.4, 0.5) is 0 Å². The molecule has 2 rings (SSSR count). The van der Waals surface area contributed by atoms with Gasteiger partial charge in [-0.05, 0) is 30.5 Å². The summed E-state index contributed by atoms with van der Waals surface area (Å²) in [6, 6.07) is 15.7. The van der Waals surface area contributed by atoms with Gasteiger partial charge in [0.25, 0.3) is 0 Å². The van der Waals surface area contributed by atoms with Crippen LogP contribution in [-0.2, 0) is 13.0 Å². The van der Waals surface area contributed by atoms with Crippen molar-refractivity contribution in [2.75, 3.05) is 0 Å². The number of nitrogens with one attached hydrogen (secondary N) is 1. The maximum atomic E-state index is 3.70. The van der Waals surface area contributed by atoms with Gasteiger partial charge in [-0.15, -0.1) is 11.3 Å². The highest BCUT2D eigenvalue weighted by Gasteiger charge is 2.09. The second-order valence-electron chi connectivity index (χ2n) is 4.85. The molecule has 1 nitrogen and oxygen atoms in total. The second-order valence-corrected chi connectivity index (χ2v) is 6.11. The van der Waals surface area contributed by atoms with Gasteiger partial charge in [-0.2, -0.15) is 0 Å². The molecule has 1 N–H and O–H groups in total. The van der Waals surface area contributed by atoms with Crippen molar-refractivity contribution in [2.24, 2.45) is 0 Å². The predicted octanol–water partition coefficient (Wildman–Crippen LogP) is 4.94. The van der Waals surface area contributed by atoms with Gasteiger partial charge in [-0.25, -0.2) is 0 Å². The van der Waals surface area contributed by atoms with E-state index in [4.69, 9.17) is 0 Å². The molecule has 1 aromatic carbocycles. The number of hydrogen-bond donors (Lipinski definition) is 1. The lowest BCUT2D eigenvalue weighted by Gasteiger charge is -2.18. The first-order chi connectivity index (χ1) is 9.33. The van der Waals surface area contributed by atoms with Gasteiger partial charge < -0.3 is 5.32 Å². The molecule has 19 heavy (non-hydrogen) atoms. The van der Waals surface area contributed by atoms with E-state index in [1.165, 1.54) is 28.2 Å². The van der Waals surface area contributed by atoms with Crippen LogP contribution in [0.1, 0.15) is 48.0 Å². The van der Waals surface area contributed by atoms with E-state index < -0.39 is 0 Å². The summed E-state index contributed by atoms with van der Waals surface area (Å²) in [4.78, 5) is 2.91. The Balaban J connectivity index is 1.97. The van der Waals surface area contributed by atoms with Crippen LogP contribution in [0.15, 0.2) is 42.5 Å². The van der Waals surface area contributed by atoms with E-state index in [-0.39, 0.29) is 0 Å². The molecule has 0 aliphatic carbocycles. The van der Waals surface area contributed by atoms with Crippen LogP contribution in [0.2, 0.25) is 0 Å². The van der Waals surface area contributed by atoms with Gasteiger partial charge in [0.15, 0.2) is 0 Å². The molecule has 1 atom stereocenters. The maximum Gasteiger partial charge on any atom is 0.0323 e. The van der Waals surface area contributed by atoms with Crippen LogP contribution in [0.5, 0.6) is 0 Å². The maximum absolute atomic E-state index is 3.70. The lowest BCUT2D eigenvalue weighted by Crippen LogP contribution is -2.20.